The van der Waals surface area contributed by atoms with Gasteiger partial charge in [0.25, 0.3) is 0 Å². The van der Waals surface area contributed by atoms with Gasteiger partial charge in [-0.05, 0) is 36.8 Å². The molecule has 0 bridgehead atoms. The molecule has 0 unspecified atom stereocenters. The summed E-state index contributed by atoms with van der Waals surface area (Å²) < 4.78 is 5.20. The van der Waals surface area contributed by atoms with Crippen molar-refractivity contribution in [3.63, 3.8) is 0 Å². The second-order valence-electron chi connectivity index (χ2n) is 6.17. The summed E-state index contributed by atoms with van der Waals surface area (Å²) in [4.78, 5) is 0. The highest BCUT2D eigenvalue weighted by molar-refractivity contribution is 5.22. The monoisotopic (exact) mass is 275 g/mol. The first-order valence-electron chi connectivity index (χ1n) is 8.09. The lowest BCUT2D eigenvalue weighted by atomic mass is 9.93. The Morgan fingerprint density at radius 2 is 1.85 bits per heavy atom. The summed E-state index contributed by atoms with van der Waals surface area (Å²) in [6, 6.07) is 9.32. The lowest BCUT2D eigenvalue weighted by Crippen LogP contribution is -2.32. The summed E-state index contributed by atoms with van der Waals surface area (Å²) in [5.41, 5.74) is 2.62. The average molecular weight is 275 g/mol. The molecule has 0 amide bonds. The summed E-state index contributed by atoms with van der Waals surface area (Å²) in [7, 11) is 1.75. The summed E-state index contributed by atoms with van der Waals surface area (Å²) >= 11 is 0. The third kappa shape index (κ3) is 4.92. The lowest BCUT2D eigenvalue weighted by Gasteiger charge is -2.23. The van der Waals surface area contributed by atoms with Gasteiger partial charge in [0.05, 0.1) is 6.61 Å². The first-order chi connectivity index (χ1) is 9.79. The van der Waals surface area contributed by atoms with Gasteiger partial charge >= 0.3 is 0 Å². The van der Waals surface area contributed by atoms with E-state index in [0.29, 0.717) is 12.6 Å². The SMILES string of the molecule is COCc1cccc(CN[C@H](C)C2CCCCCC2)c1. The van der Waals surface area contributed by atoms with Crippen LogP contribution in [0.15, 0.2) is 24.3 Å². The van der Waals surface area contributed by atoms with Crippen molar-refractivity contribution >= 4 is 0 Å². The fourth-order valence-corrected chi connectivity index (χ4v) is 3.25. The molecule has 1 fully saturated rings. The second kappa shape index (κ2) is 8.43. The van der Waals surface area contributed by atoms with Gasteiger partial charge in [-0.3, -0.25) is 0 Å². The topological polar surface area (TPSA) is 21.3 Å². The Balaban J connectivity index is 1.82. The molecule has 0 radical (unpaired) electrons. The zero-order valence-electron chi connectivity index (χ0n) is 13.0. The van der Waals surface area contributed by atoms with Crippen LogP contribution >= 0.6 is 0 Å². The van der Waals surface area contributed by atoms with Crippen molar-refractivity contribution in [1.29, 1.82) is 0 Å². The Bertz CT molecular complexity index is 383. The van der Waals surface area contributed by atoms with Crippen LogP contribution in [0.3, 0.4) is 0 Å². The molecule has 1 aliphatic carbocycles. The van der Waals surface area contributed by atoms with E-state index in [1.54, 1.807) is 7.11 Å². The predicted molar refractivity (Wildman–Crippen MR) is 84.6 cm³/mol. The van der Waals surface area contributed by atoms with Crippen molar-refractivity contribution in [2.75, 3.05) is 7.11 Å². The summed E-state index contributed by atoms with van der Waals surface area (Å²) in [5.74, 6) is 0.861. The molecule has 112 valence electrons. The van der Waals surface area contributed by atoms with Crippen LogP contribution in [-0.2, 0) is 17.9 Å². The number of benzene rings is 1. The van der Waals surface area contributed by atoms with E-state index in [0.717, 1.165) is 12.5 Å². The first-order valence-corrected chi connectivity index (χ1v) is 8.09. The number of nitrogens with one attached hydrogen (secondary N) is 1. The maximum absolute atomic E-state index is 5.20. The van der Waals surface area contributed by atoms with Crippen molar-refractivity contribution in [3.8, 4) is 0 Å². The highest BCUT2D eigenvalue weighted by Crippen LogP contribution is 2.25. The van der Waals surface area contributed by atoms with Crippen molar-refractivity contribution in [2.24, 2.45) is 5.92 Å². The second-order valence-corrected chi connectivity index (χ2v) is 6.17. The lowest BCUT2D eigenvalue weighted by molar-refractivity contribution is 0.185. The molecule has 1 atom stereocenters. The van der Waals surface area contributed by atoms with E-state index in [-0.39, 0.29) is 0 Å². The molecule has 0 saturated heterocycles. The molecule has 1 N–H and O–H groups in total. The molecule has 1 saturated carbocycles. The summed E-state index contributed by atoms with van der Waals surface area (Å²) in [6.07, 6.45) is 8.50. The van der Waals surface area contributed by atoms with Gasteiger partial charge in [-0.2, -0.15) is 0 Å². The number of methoxy groups -OCH3 is 1. The molecule has 0 aliphatic heterocycles. The van der Waals surface area contributed by atoms with Gasteiger partial charge in [0.1, 0.15) is 0 Å². The molecule has 1 aromatic carbocycles. The van der Waals surface area contributed by atoms with E-state index < -0.39 is 0 Å². The first kappa shape index (κ1) is 15.5. The number of hydrogen-bond donors (Lipinski definition) is 1. The van der Waals surface area contributed by atoms with Crippen LogP contribution in [0.5, 0.6) is 0 Å². The normalized spacial score (nSPS) is 18.7. The van der Waals surface area contributed by atoms with Crippen molar-refractivity contribution < 1.29 is 4.74 Å². The highest BCUT2D eigenvalue weighted by atomic mass is 16.5. The van der Waals surface area contributed by atoms with Crippen LogP contribution in [-0.4, -0.2) is 13.2 Å². The third-order valence-corrected chi connectivity index (χ3v) is 4.54. The average Bonchev–Trinajstić information content (AvgIpc) is 2.75. The maximum Gasteiger partial charge on any atom is 0.0713 e. The maximum atomic E-state index is 5.20. The Morgan fingerprint density at radius 3 is 2.55 bits per heavy atom. The van der Waals surface area contributed by atoms with Gasteiger partial charge < -0.3 is 10.1 Å². The Kier molecular flexibility index (Phi) is 6.55. The molecule has 0 aromatic heterocycles. The van der Waals surface area contributed by atoms with E-state index in [4.69, 9.17) is 4.74 Å². The molecule has 1 aliphatic rings. The molecule has 2 heteroatoms. The molecule has 20 heavy (non-hydrogen) atoms. The van der Waals surface area contributed by atoms with E-state index in [1.165, 1.54) is 49.7 Å². The highest BCUT2D eigenvalue weighted by Gasteiger charge is 2.18. The van der Waals surface area contributed by atoms with Crippen molar-refractivity contribution in [3.05, 3.63) is 35.4 Å². The largest absolute Gasteiger partial charge is 0.380 e. The zero-order valence-corrected chi connectivity index (χ0v) is 13.0. The molecule has 2 rings (SSSR count). The van der Waals surface area contributed by atoms with Gasteiger partial charge in [-0.15, -0.1) is 0 Å². The number of hydrogen-bond acceptors (Lipinski definition) is 2. The molecule has 0 spiro atoms. The molecular formula is C18H29NO. The van der Waals surface area contributed by atoms with Gasteiger partial charge in [-0.25, -0.2) is 0 Å². The fourth-order valence-electron chi connectivity index (χ4n) is 3.25. The van der Waals surface area contributed by atoms with Gasteiger partial charge in [0.2, 0.25) is 0 Å². The zero-order chi connectivity index (χ0) is 14.2. The molecular weight excluding hydrogens is 246 g/mol. The summed E-state index contributed by atoms with van der Waals surface area (Å²) in [5, 5.41) is 3.72. The smallest absolute Gasteiger partial charge is 0.0713 e. The van der Waals surface area contributed by atoms with Crippen LogP contribution in [0.4, 0.5) is 0 Å². The van der Waals surface area contributed by atoms with Crippen LogP contribution in [0.25, 0.3) is 0 Å². The standard InChI is InChI=1S/C18H29NO/c1-15(18-10-5-3-4-6-11-18)19-13-16-8-7-9-17(12-16)14-20-2/h7-9,12,15,18-19H,3-6,10-11,13-14H2,1-2H3/t15-/m1/s1. The van der Waals surface area contributed by atoms with Crippen molar-refractivity contribution in [2.45, 2.75) is 64.6 Å². The number of rotatable bonds is 6. The van der Waals surface area contributed by atoms with Gasteiger partial charge in [0.15, 0.2) is 0 Å². The van der Waals surface area contributed by atoms with Gasteiger partial charge in [0, 0.05) is 19.7 Å². The fraction of sp³-hybridized carbons (Fsp3) is 0.667. The Morgan fingerprint density at radius 1 is 1.15 bits per heavy atom. The molecule has 0 heterocycles. The van der Waals surface area contributed by atoms with E-state index in [1.807, 2.05) is 0 Å². The minimum Gasteiger partial charge on any atom is -0.380 e. The van der Waals surface area contributed by atoms with Gasteiger partial charge in [-0.1, -0.05) is 49.9 Å². The van der Waals surface area contributed by atoms with E-state index in [2.05, 4.69) is 36.5 Å². The van der Waals surface area contributed by atoms with E-state index in [9.17, 15) is 0 Å². The van der Waals surface area contributed by atoms with Crippen LogP contribution in [0.1, 0.15) is 56.6 Å². The Hall–Kier alpha value is -0.860. The number of ether oxygens (including phenoxy) is 1. The van der Waals surface area contributed by atoms with Crippen LogP contribution in [0, 0.1) is 5.92 Å². The van der Waals surface area contributed by atoms with Crippen LogP contribution in [0.2, 0.25) is 0 Å². The van der Waals surface area contributed by atoms with Crippen LogP contribution < -0.4 is 5.32 Å². The van der Waals surface area contributed by atoms with E-state index >= 15 is 0 Å². The molecule has 2 nitrogen and oxygen atoms in total. The third-order valence-electron chi connectivity index (χ3n) is 4.54. The summed E-state index contributed by atoms with van der Waals surface area (Å²) in [6.45, 7) is 4.02. The van der Waals surface area contributed by atoms with Crippen molar-refractivity contribution in [1.82, 2.24) is 5.32 Å². The minimum atomic E-state index is 0.624. The quantitative estimate of drug-likeness (QED) is 0.782. The Labute approximate surface area is 123 Å². The molecule has 1 aromatic rings. The predicted octanol–water partition coefficient (Wildman–Crippen LogP) is 4.28. The minimum absolute atomic E-state index is 0.624.